The van der Waals surface area contributed by atoms with Crippen molar-refractivity contribution in [2.75, 3.05) is 4.72 Å². The molecule has 0 spiro atoms. The van der Waals surface area contributed by atoms with E-state index in [1.807, 2.05) is 12.1 Å². The van der Waals surface area contributed by atoms with E-state index in [0.717, 1.165) is 23.6 Å². The van der Waals surface area contributed by atoms with Crippen molar-refractivity contribution in [1.29, 1.82) is 0 Å². The topological polar surface area (TPSA) is 144 Å². The van der Waals surface area contributed by atoms with Crippen molar-refractivity contribution in [1.82, 2.24) is 0 Å². The van der Waals surface area contributed by atoms with E-state index in [2.05, 4.69) is 4.72 Å². The normalized spacial score (nSPS) is 11.4. The zero-order valence-corrected chi connectivity index (χ0v) is 17.2. The summed E-state index contributed by atoms with van der Waals surface area (Å²) in [5.41, 5.74) is 0.0610. The van der Waals surface area contributed by atoms with Gasteiger partial charge in [0.05, 0.1) is 4.90 Å². The first-order chi connectivity index (χ1) is 15.2. The number of aromatic carboxylic acids is 1. The van der Waals surface area contributed by atoms with Crippen molar-refractivity contribution in [3.8, 4) is 28.4 Å². The number of fused-ring (bicyclic) bond motifs is 1. The molecule has 0 radical (unpaired) electrons. The Labute approximate surface area is 182 Å². The molecule has 0 bridgehead atoms. The maximum absolute atomic E-state index is 12.8. The van der Waals surface area contributed by atoms with E-state index in [-0.39, 0.29) is 27.6 Å². The van der Waals surface area contributed by atoms with Crippen molar-refractivity contribution < 1.29 is 33.6 Å². The van der Waals surface area contributed by atoms with Gasteiger partial charge in [-0.15, -0.1) is 0 Å². The average molecular weight is 451 g/mol. The Kier molecular flexibility index (Phi) is 5.11. The van der Waals surface area contributed by atoms with E-state index < -0.39 is 27.3 Å². The van der Waals surface area contributed by atoms with Crippen LogP contribution in [0, 0.1) is 0 Å². The first-order valence-corrected chi connectivity index (χ1v) is 10.8. The number of benzene rings is 4. The van der Waals surface area contributed by atoms with Gasteiger partial charge in [-0.2, -0.15) is 0 Å². The van der Waals surface area contributed by atoms with Gasteiger partial charge in [0, 0.05) is 16.8 Å². The highest BCUT2D eigenvalue weighted by molar-refractivity contribution is 7.92. The van der Waals surface area contributed by atoms with E-state index in [4.69, 9.17) is 5.11 Å². The van der Waals surface area contributed by atoms with Gasteiger partial charge < -0.3 is 20.4 Å². The van der Waals surface area contributed by atoms with Crippen LogP contribution in [0.3, 0.4) is 0 Å². The van der Waals surface area contributed by atoms with Gasteiger partial charge in [0.25, 0.3) is 10.0 Å². The number of sulfonamides is 1. The van der Waals surface area contributed by atoms with E-state index >= 15 is 0 Å². The highest BCUT2D eigenvalue weighted by atomic mass is 32.2. The van der Waals surface area contributed by atoms with E-state index in [1.165, 1.54) is 24.3 Å². The maximum atomic E-state index is 12.8. The number of carboxylic acids is 1. The van der Waals surface area contributed by atoms with Gasteiger partial charge >= 0.3 is 5.97 Å². The molecule has 0 saturated heterocycles. The van der Waals surface area contributed by atoms with Crippen LogP contribution in [0.4, 0.5) is 5.69 Å². The molecule has 0 aromatic heterocycles. The number of aromatic hydroxyl groups is 3. The van der Waals surface area contributed by atoms with E-state index in [9.17, 15) is 28.5 Å². The molecular weight excluding hydrogens is 434 g/mol. The molecule has 4 rings (SSSR count). The zero-order chi connectivity index (χ0) is 23.0. The standard InChI is InChI=1S/C23H17NO7S/c25-19-9-6-14(24-32(30,31)15-7-10-20(26)18(12-15)23(28)29)11-17(19)22-16-4-2-1-3-13(16)5-8-21(22)27/h1-12,24-27H,(H,28,29). The summed E-state index contributed by atoms with van der Waals surface area (Å²) in [5.74, 6) is -2.30. The molecule has 0 unspecified atom stereocenters. The number of carbonyl (C=O) groups is 1. The number of phenols is 3. The molecule has 0 aliphatic heterocycles. The third-order valence-corrected chi connectivity index (χ3v) is 6.31. The molecule has 32 heavy (non-hydrogen) atoms. The molecule has 4 aromatic rings. The van der Waals surface area contributed by atoms with Gasteiger partial charge in [0.1, 0.15) is 22.8 Å². The summed E-state index contributed by atoms with van der Waals surface area (Å²) in [6.45, 7) is 0. The first kappa shape index (κ1) is 21.0. The second-order valence-corrected chi connectivity index (χ2v) is 8.68. The number of phenolic OH excluding ortho intramolecular Hbond substituents is 2. The van der Waals surface area contributed by atoms with Crippen LogP contribution in [-0.4, -0.2) is 34.8 Å². The zero-order valence-electron chi connectivity index (χ0n) is 16.4. The Morgan fingerprint density at radius 1 is 0.781 bits per heavy atom. The van der Waals surface area contributed by atoms with Crippen molar-refractivity contribution in [2.45, 2.75) is 4.90 Å². The van der Waals surface area contributed by atoms with Crippen LogP contribution in [-0.2, 0) is 10.0 Å². The fraction of sp³-hybridized carbons (Fsp3) is 0. The van der Waals surface area contributed by atoms with Crippen LogP contribution in [0.2, 0.25) is 0 Å². The number of anilines is 1. The SMILES string of the molecule is O=C(O)c1cc(S(=O)(=O)Nc2ccc(O)c(-c3c(O)ccc4ccccc34)c2)ccc1O. The number of rotatable bonds is 5. The minimum atomic E-state index is -4.22. The summed E-state index contributed by atoms with van der Waals surface area (Å²) < 4.78 is 27.9. The largest absolute Gasteiger partial charge is 0.507 e. The fourth-order valence-electron chi connectivity index (χ4n) is 3.41. The van der Waals surface area contributed by atoms with Crippen LogP contribution >= 0.6 is 0 Å². The molecular formula is C23H17NO7S. The number of nitrogens with one attached hydrogen (secondary N) is 1. The molecule has 0 heterocycles. The Hall–Kier alpha value is -4.24. The van der Waals surface area contributed by atoms with E-state index in [0.29, 0.717) is 10.9 Å². The molecule has 5 N–H and O–H groups in total. The Bertz CT molecular complexity index is 1480. The highest BCUT2D eigenvalue weighted by Gasteiger charge is 2.20. The summed E-state index contributed by atoms with van der Waals surface area (Å²) >= 11 is 0. The maximum Gasteiger partial charge on any atom is 0.339 e. The second kappa shape index (κ2) is 7.78. The monoisotopic (exact) mass is 451 g/mol. The smallest absolute Gasteiger partial charge is 0.339 e. The van der Waals surface area contributed by atoms with Crippen molar-refractivity contribution >= 4 is 32.5 Å². The molecule has 0 aliphatic rings. The second-order valence-electron chi connectivity index (χ2n) is 7.00. The molecule has 4 aromatic carbocycles. The van der Waals surface area contributed by atoms with Gasteiger partial charge in [0.2, 0.25) is 0 Å². The summed E-state index contributed by atoms with van der Waals surface area (Å²) in [6, 6.07) is 17.3. The lowest BCUT2D eigenvalue weighted by Gasteiger charge is -2.14. The molecule has 0 atom stereocenters. The van der Waals surface area contributed by atoms with Crippen molar-refractivity contribution in [3.63, 3.8) is 0 Å². The highest BCUT2D eigenvalue weighted by Crippen LogP contribution is 2.42. The van der Waals surface area contributed by atoms with Crippen LogP contribution in [0.25, 0.3) is 21.9 Å². The van der Waals surface area contributed by atoms with Gasteiger partial charge in [-0.1, -0.05) is 30.3 Å². The van der Waals surface area contributed by atoms with Crippen LogP contribution in [0.5, 0.6) is 17.2 Å². The number of hydrogen-bond donors (Lipinski definition) is 5. The third kappa shape index (κ3) is 3.77. The first-order valence-electron chi connectivity index (χ1n) is 9.30. The number of carboxylic acid groups (broad SMARTS) is 1. The van der Waals surface area contributed by atoms with Crippen molar-refractivity contribution in [2.24, 2.45) is 0 Å². The number of hydrogen-bond acceptors (Lipinski definition) is 6. The Morgan fingerprint density at radius 3 is 2.22 bits per heavy atom. The predicted molar refractivity (Wildman–Crippen MR) is 119 cm³/mol. The molecule has 0 amide bonds. The average Bonchev–Trinajstić information content (AvgIpc) is 2.75. The molecule has 0 aliphatic carbocycles. The minimum Gasteiger partial charge on any atom is -0.507 e. The summed E-state index contributed by atoms with van der Waals surface area (Å²) in [6.07, 6.45) is 0. The van der Waals surface area contributed by atoms with Gasteiger partial charge in [0.15, 0.2) is 0 Å². The van der Waals surface area contributed by atoms with Crippen LogP contribution in [0.15, 0.2) is 77.7 Å². The molecule has 162 valence electrons. The lowest BCUT2D eigenvalue weighted by Crippen LogP contribution is -2.14. The third-order valence-electron chi connectivity index (χ3n) is 4.93. The lowest BCUT2D eigenvalue weighted by atomic mass is 9.96. The summed E-state index contributed by atoms with van der Waals surface area (Å²) in [4.78, 5) is 10.8. The molecule has 8 nitrogen and oxygen atoms in total. The molecule has 9 heteroatoms. The summed E-state index contributed by atoms with van der Waals surface area (Å²) in [7, 11) is -4.22. The predicted octanol–water partition coefficient (Wildman–Crippen LogP) is 4.12. The van der Waals surface area contributed by atoms with Gasteiger partial charge in [-0.05, 0) is 53.2 Å². The van der Waals surface area contributed by atoms with Gasteiger partial charge in [-0.3, -0.25) is 4.72 Å². The quantitative estimate of drug-likeness (QED) is 0.287. The molecule has 0 saturated carbocycles. The minimum absolute atomic E-state index is 0.0788. The van der Waals surface area contributed by atoms with Crippen molar-refractivity contribution in [3.05, 3.63) is 78.4 Å². The van der Waals surface area contributed by atoms with Crippen LogP contribution < -0.4 is 4.72 Å². The summed E-state index contributed by atoms with van der Waals surface area (Å²) in [5, 5.41) is 41.1. The fourth-order valence-corrected chi connectivity index (χ4v) is 4.49. The lowest BCUT2D eigenvalue weighted by molar-refractivity contribution is 0.0693. The van der Waals surface area contributed by atoms with Crippen LogP contribution in [0.1, 0.15) is 10.4 Å². The molecule has 0 fully saturated rings. The van der Waals surface area contributed by atoms with Gasteiger partial charge in [-0.25, -0.2) is 13.2 Å². The Morgan fingerprint density at radius 2 is 1.47 bits per heavy atom. The Balaban J connectivity index is 1.79. The van der Waals surface area contributed by atoms with E-state index in [1.54, 1.807) is 18.2 Å².